The van der Waals surface area contributed by atoms with Gasteiger partial charge >= 0.3 is 0 Å². The lowest BCUT2D eigenvalue weighted by Gasteiger charge is -2.04. The molecule has 6 aromatic heterocycles. The molecule has 0 saturated carbocycles. The molecule has 0 bridgehead atoms. The van der Waals surface area contributed by atoms with Crippen LogP contribution in [0.2, 0.25) is 0 Å². The monoisotopic (exact) mass is 961 g/mol. The molecular formula is C66H84N6. The molecule has 0 aliphatic rings. The van der Waals surface area contributed by atoms with E-state index in [-0.39, 0.29) is 22.3 Å². The predicted octanol–water partition coefficient (Wildman–Crippen LogP) is 16.1. The lowest BCUT2D eigenvalue weighted by molar-refractivity contribution is -0.693. The smallest absolute Gasteiger partial charge is 0.169 e. The molecule has 72 heavy (non-hydrogen) atoms. The van der Waals surface area contributed by atoms with Gasteiger partial charge in [-0.25, -0.2) is 13.7 Å². The van der Waals surface area contributed by atoms with Crippen molar-refractivity contribution in [3.63, 3.8) is 0 Å². The van der Waals surface area contributed by atoms with Crippen molar-refractivity contribution in [2.75, 3.05) is 0 Å². The van der Waals surface area contributed by atoms with Gasteiger partial charge in [0.05, 0.1) is 0 Å². The standard InChI is InChI=1S/C23H29N2.C21H25N2.C19H21N2.3CH3/c1-3-5-6-9-16-25-19-21(22-10-7-8-11-23(22)25)13-12-20-14-17-24(4-2)18-15-20;1-3-5-14-23-17-19(20-8-6-7-9-21(20)23)11-10-18-12-15-22(4-2)16-13-18;1-3-20-13-11-16(12-14-20)9-10-17-15-21(4-2)19-8-6-5-7-18(17)19;;;/h7-8,10-15,17-19H,3-6,9,16H2,1-2H3;6-13,15-17H,3-5,14H2,1-2H3;5-15H,3-4H2,1-2H3;3*1H3/q3*+1;3*-1. The quantitative estimate of drug-likeness (QED) is 0.0465. The van der Waals surface area contributed by atoms with E-state index in [2.05, 4.69) is 270 Å². The van der Waals surface area contributed by atoms with Gasteiger partial charge in [0, 0.05) is 107 Å². The van der Waals surface area contributed by atoms with Crippen LogP contribution in [0.25, 0.3) is 69.2 Å². The highest BCUT2D eigenvalue weighted by molar-refractivity contribution is 5.94. The van der Waals surface area contributed by atoms with Gasteiger partial charge in [0.1, 0.15) is 19.6 Å². The van der Waals surface area contributed by atoms with Crippen LogP contribution < -0.4 is 13.7 Å². The van der Waals surface area contributed by atoms with Crippen molar-refractivity contribution in [3.8, 4) is 0 Å². The molecular weight excluding hydrogens is 877 g/mol. The Hall–Kier alpha value is -7.05. The molecule has 0 saturated heterocycles. The summed E-state index contributed by atoms with van der Waals surface area (Å²) < 4.78 is 13.6. The van der Waals surface area contributed by atoms with Crippen LogP contribution >= 0.6 is 0 Å². The van der Waals surface area contributed by atoms with Gasteiger partial charge < -0.3 is 36.0 Å². The largest absolute Gasteiger partial charge is 0.358 e. The Morgan fingerprint density at radius 3 is 1.00 bits per heavy atom. The Kier molecular flexibility index (Phi) is 23.9. The van der Waals surface area contributed by atoms with Crippen LogP contribution in [0.3, 0.4) is 0 Å². The molecule has 0 unspecified atom stereocenters. The van der Waals surface area contributed by atoms with E-state index in [0.717, 1.165) is 39.3 Å². The number of hydrogen-bond donors (Lipinski definition) is 0. The Labute approximate surface area is 434 Å². The van der Waals surface area contributed by atoms with Crippen LogP contribution in [-0.2, 0) is 39.3 Å². The molecule has 378 valence electrons. The normalized spacial score (nSPS) is 11.1. The SMILES string of the molecule is CCCCCCn1cc(/C=C/c2cc[n+](CC)cc2)c2ccccc21.CCCCn1cc(/C=C/c2cc[n+](CC)cc2)c2ccccc21.CCn1cc(/C=C/c2cc[n+](CC)cc2)c2ccccc21.[CH3-].[CH3-].[CH3-]. The minimum atomic E-state index is 0. The van der Waals surface area contributed by atoms with E-state index < -0.39 is 0 Å². The number of nitrogens with zero attached hydrogens (tertiary/aromatic N) is 6. The van der Waals surface area contributed by atoms with Crippen molar-refractivity contribution in [1.82, 2.24) is 13.7 Å². The number of pyridine rings is 3. The maximum Gasteiger partial charge on any atom is 0.169 e. The average molecular weight is 961 g/mol. The Balaban J connectivity index is 0.000000230. The Bertz CT molecular complexity index is 3050. The summed E-state index contributed by atoms with van der Waals surface area (Å²) >= 11 is 0. The third-order valence-corrected chi connectivity index (χ3v) is 13.0. The van der Waals surface area contributed by atoms with Gasteiger partial charge in [0.15, 0.2) is 37.2 Å². The first kappa shape index (κ1) is 57.5. The van der Waals surface area contributed by atoms with Crippen LogP contribution in [0.4, 0.5) is 0 Å². The van der Waals surface area contributed by atoms with E-state index in [1.54, 1.807) is 0 Å². The summed E-state index contributed by atoms with van der Waals surface area (Å²) in [6.45, 7) is 19.4. The minimum Gasteiger partial charge on any atom is -0.358 e. The maximum absolute atomic E-state index is 2.42. The molecule has 0 aliphatic carbocycles. The third kappa shape index (κ3) is 15.5. The first-order chi connectivity index (χ1) is 33.9. The average Bonchev–Trinajstić information content (AvgIpc) is 4.09. The molecule has 6 heterocycles. The topological polar surface area (TPSA) is 26.4 Å². The maximum atomic E-state index is 2.42. The van der Waals surface area contributed by atoms with Crippen molar-refractivity contribution >= 4 is 69.2 Å². The molecule has 6 heteroatoms. The van der Waals surface area contributed by atoms with E-state index in [9.17, 15) is 0 Å². The Morgan fingerprint density at radius 1 is 0.347 bits per heavy atom. The number of benzene rings is 3. The summed E-state index contributed by atoms with van der Waals surface area (Å²) in [5.74, 6) is 0. The van der Waals surface area contributed by atoms with Crippen molar-refractivity contribution in [2.24, 2.45) is 0 Å². The predicted molar refractivity (Wildman–Crippen MR) is 313 cm³/mol. The van der Waals surface area contributed by atoms with Crippen LogP contribution in [0.1, 0.15) is 113 Å². The Morgan fingerprint density at radius 2 is 0.667 bits per heavy atom. The molecule has 0 amide bonds. The number of hydrogen-bond acceptors (Lipinski definition) is 0. The molecule has 0 aliphatic heterocycles. The van der Waals surface area contributed by atoms with E-state index >= 15 is 0 Å². The van der Waals surface area contributed by atoms with E-state index in [4.69, 9.17) is 0 Å². The molecule has 0 fully saturated rings. The zero-order chi connectivity index (χ0) is 48.2. The number of rotatable bonds is 18. The number of para-hydroxylation sites is 3. The fourth-order valence-electron chi connectivity index (χ4n) is 8.82. The van der Waals surface area contributed by atoms with E-state index in [0.29, 0.717) is 0 Å². The summed E-state index contributed by atoms with van der Waals surface area (Å²) in [4.78, 5) is 0. The van der Waals surface area contributed by atoms with Gasteiger partial charge in [-0.15, -0.1) is 0 Å². The molecule has 6 nitrogen and oxygen atoms in total. The van der Waals surface area contributed by atoms with Gasteiger partial charge in [-0.05, 0) is 92.1 Å². The summed E-state index contributed by atoms with van der Waals surface area (Å²) in [6, 6.07) is 39.0. The van der Waals surface area contributed by atoms with Crippen molar-refractivity contribution in [3.05, 3.63) is 221 Å². The molecule has 0 radical (unpaired) electrons. The van der Waals surface area contributed by atoms with E-state index in [1.165, 1.54) is 105 Å². The third-order valence-electron chi connectivity index (χ3n) is 13.0. The van der Waals surface area contributed by atoms with E-state index in [1.807, 2.05) is 0 Å². The summed E-state index contributed by atoms with van der Waals surface area (Å²) in [5, 5.41) is 3.99. The van der Waals surface area contributed by atoms with Crippen LogP contribution in [0.15, 0.2) is 165 Å². The molecule has 9 rings (SSSR count). The fourth-order valence-corrected chi connectivity index (χ4v) is 8.82. The highest BCUT2D eigenvalue weighted by Gasteiger charge is 2.08. The van der Waals surface area contributed by atoms with Gasteiger partial charge in [-0.2, -0.15) is 0 Å². The number of aryl methyl sites for hydroxylation is 6. The van der Waals surface area contributed by atoms with Crippen molar-refractivity contribution < 1.29 is 13.7 Å². The number of aromatic nitrogens is 6. The number of fused-ring (bicyclic) bond motifs is 3. The molecule has 3 aromatic carbocycles. The molecule has 0 N–H and O–H groups in total. The lowest BCUT2D eigenvalue weighted by atomic mass is 10.1. The minimum absolute atomic E-state index is 0. The molecule has 9 aromatic rings. The van der Waals surface area contributed by atoms with Crippen LogP contribution in [0.5, 0.6) is 0 Å². The lowest BCUT2D eigenvalue weighted by Crippen LogP contribution is -2.30. The summed E-state index contributed by atoms with van der Waals surface area (Å²) in [6.07, 6.45) is 40.5. The second kappa shape index (κ2) is 30.0. The van der Waals surface area contributed by atoms with Crippen LogP contribution in [-0.4, -0.2) is 13.7 Å². The van der Waals surface area contributed by atoms with Crippen molar-refractivity contribution in [1.29, 1.82) is 0 Å². The fraction of sp³-hybridized carbons (Fsp3) is 0.273. The van der Waals surface area contributed by atoms with Crippen LogP contribution in [0, 0.1) is 22.3 Å². The highest BCUT2D eigenvalue weighted by atomic mass is 15.0. The molecule has 0 spiro atoms. The second-order valence-corrected chi connectivity index (χ2v) is 17.8. The number of unbranched alkanes of at least 4 members (excludes halogenated alkanes) is 4. The highest BCUT2D eigenvalue weighted by Crippen LogP contribution is 2.26. The summed E-state index contributed by atoms with van der Waals surface area (Å²) in [7, 11) is 0. The van der Waals surface area contributed by atoms with Gasteiger partial charge in [0.2, 0.25) is 0 Å². The second-order valence-electron chi connectivity index (χ2n) is 17.8. The summed E-state index contributed by atoms with van der Waals surface area (Å²) in [5.41, 5.74) is 11.6. The van der Waals surface area contributed by atoms with Gasteiger partial charge in [0.25, 0.3) is 0 Å². The zero-order valence-corrected chi connectivity index (χ0v) is 45.2. The zero-order valence-electron chi connectivity index (χ0n) is 45.2. The first-order valence-corrected chi connectivity index (χ1v) is 25.7. The molecule has 0 atom stereocenters. The van der Waals surface area contributed by atoms with Crippen molar-refractivity contribution in [2.45, 2.75) is 119 Å². The first-order valence-electron chi connectivity index (χ1n) is 25.7. The van der Waals surface area contributed by atoms with Gasteiger partial charge in [-0.1, -0.05) is 131 Å². The van der Waals surface area contributed by atoms with Gasteiger partial charge in [-0.3, -0.25) is 0 Å².